The van der Waals surface area contributed by atoms with Gasteiger partial charge in [0.2, 0.25) is 5.82 Å². The van der Waals surface area contributed by atoms with E-state index in [-0.39, 0.29) is 10.6 Å². The van der Waals surface area contributed by atoms with Crippen molar-refractivity contribution in [1.29, 1.82) is 0 Å². The summed E-state index contributed by atoms with van der Waals surface area (Å²) >= 11 is 0. The normalized spacial score (nSPS) is 16.2. The SMILES string of the molecule is CCCC1CCN(c2nc(NC)ccc2[N+](=O)[O-])CC1. The number of pyridine rings is 1. The van der Waals surface area contributed by atoms with Crippen LogP contribution < -0.4 is 10.2 Å². The van der Waals surface area contributed by atoms with E-state index in [1.165, 1.54) is 18.9 Å². The van der Waals surface area contributed by atoms with Gasteiger partial charge in [-0.3, -0.25) is 10.1 Å². The van der Waals surface area contributed by atoms with Gasteiger partial charge >= 0.3 is 5.69 Å². The lowest BCUT2D eigenvalue weighted by Crippen LogP contribution is -2.34. The van der Waals surface area contributed by atoms with Gasteiger partial charge in [0.25, 0.3) is 0 Å². The third kappa shape index (κ3) is 3.18. The number of anilines is 2. The van der Waals surface area contributed by atoms with E-state index in [2.05, 4.69) is 17.2 Å². The highest BCUT2D eigenvalue weighted by atomic mass is 16.6. The molecule has 6 nitrogen and oxygen atoms in total. The Kier molecular flexibility index (Phi) is 4.76. The maximum Gasteiger partial charge on any atom is 0.311 e. The van der Waals surface area contributed by atoms with Crippen LogP contribution >= 0.6 is 0 Å². The third-order valence-electron chi connectivity index (χ3n) is 3.92. The van der Waals surface area contributed by atoms with Crippen LogP contribution in [0.1, 0.15) is 32.6 Å². The second-order valence-electron chi connectivity index (χ2n) is 5.27. The van der Waals surface area contributed by atoms with E-state index < -0.39 is 0 Å². The number of hydrogen-bond acceptors (Lipinski definition) is 5. The summed E-state index contributed by atoms with van der Waals surface area (Å²) in [7, 11) is 1.77. The van der Waals surface area contributed by atoms with E-state index in [9.17, 15) is 10.1 Å². The second kappa shape index (κ2) is 6.54. The minimum Gasteiger partial charge on any atom is -0.373 e. The van der Waals surface area contributed by atoms with Crippen LogP contribution in [0.15, 0.2) is 12.1 Å². The molecule has 2 rings (SSSR count). The molecule has 0 bridgehead atoms. The van der Waals surface area contributed by atoms with Gasteiger partial charge in [-0.05, 0) is 24.8 Å². The van der Waals surface area contributed by atoms with E-state index in [0.29, 0.717) is 11.6 Å². The van der Waals surface area contributed by atoms with Gasteiger partial charge in [-0.25, -0.2) is 4.98 Å². The largest absolute Gasteiger partial charge is 0.373 e. The molecule has 1 aromatic rings. The number of rotatable bonds is 5. The highest BCUT2D eigenvalue weighted by molar-refractivity contribution is 5.61. The molecule has 0 atom stereocenters. The molecule has 0 amide bonds. The number of hydrogen-bond donors (Lipinski definition) is 1. The predicted molar refractivity (Wildman–Crippen MR) is 80.3 cm³/mol. The molecular formula is C14H22N4O2. The van der Waals surface area contributed by atoms with Gasteiger partial charge in [-0.1, -0.05) is 19.8 Å². The summed E-state index contributed by atoms with van der Waals surface area (Å²) in [6.45, 7) is 3.91. The molecule has 0 radical (unpaired) electrons. The van der Waals surface area contributed by atoms with Crippen molar-refractivity contribution in [1.82, 2.24) is 4.98 Å². The fraction of sp³-hybridized carbons (Fsp3) is 0.643. The van der Waals surface area contributed by atoms with Crippen molar-refractivity contribution in [3.63, 3.8) is 0 Å². The van der Waals surface area contributed by atoms with Gasteiger partial charge in [-0.15, -0.1) is 0 Å². The summed E-state index contributed by atoms with van der Waals surface area (Å²) in [5.74, 6) is 1.92. The zero-order valence-electron chi connectivity index (χ0n) is 12.1. The average Bonchev–Trinajstić information content (AvgIpc) is 2.47. The topological polar surface area (TPSA) is 71.3 Å². The summed E-state index contributed by atoms with van der Waals surface area (Å²) in [5, 5.41) is 14.1. The number of nitrogens with zero attached hydrogens (tertiary/aromatic N) is 3. The highest BCUT2D eigenvalue weighted by Gasteiger charge is 2.26. The lowest BCUT2D eigenvalue weighted by molar-refractivity contribution is -0.384. The quantitative estimate of drug-likeness (QED) is 0.662. The Morgan fingerprint density at radius 2 is 2.15 bits per heavy atom. The summed E-state index contributed by atoms with van der Waals surface area (Å²) in [6.07, 6.45) is 4.64. The van der Waals surface area contributed by atoms with Gasteiger partial charge in [0.15, 0.2) is 0 Å². The molecule has 1 aliphatic rings. The van der Waals surface area contributed by atoms with Crippen molar-refractivity contribution in [3.05, 3.63) is 22.2 Å². The Hall–Kier alpha value is -1.85. The maximum atomic E-state index is 11.1. The first-order chi connectivity index (χ1) is 9.65. The molecule has 0 aromatic carbocycles. The van der Waals surface area contributed by atoms with Gasteiger partial charge in [0.1, 0.15) is 5.82 Å². The van der Waals surface area contributed by atoms with E-state index >= 15 is 0 Å². The summed E-state index contributed by atoms with van der Waals surface area (Å²) < 4.78 is 0. The van der Waals surface area contributed by atoms with Crippen molar-refractivity contribution in [2.24, 2.45) is 5.92 Å². The van der Waals surface area contributed by atoms with E-state index in [0.717, 1.165) is 31.8 Å². The summed E-state index contributed by atoms with van der Waals surface area (Å²) in [4.78, 5) is 17.2. The number of nitro groups is 1. The van der Waals surface area contributed by atoms with Crippen molar-refractivity contribution >= 4 is 17.3 Å². The van der Waals surface area contributed by atoms with Crippen LogP contribution in [-0.2, 0) is 0 Å². The summed E-state index contributed by atoms with van der Waals surface area (Å²) in [5.41, 5.74) is 0.0953. The summed E-state index contributed by atoms with van der Waals surface area (Å²) in [6, 6.07) is 3.18. The molecule has 20 heavy (non-hydrogen) atoms. The molecule has 1 aliphatic heterocycles. The van der Waals surface area contributed by atoms with Gasteiger partial charge in [0.05, 0.1) is 4.92 Å². The first-order valence-corrected chi connectivity index (χ1v) is 7.23. The highest BCUT2D eigenvalue weighted by Crippen LogP contribution is 2.31. The fourth-order valence-corrected chi connectivity index (χ4v) is 2.80. The predicted octanol–water partition coefficient (Wildman–Crippen LogP) is 3.05. The average molecular weight is 278 g/mol. The molecule has 1 N–H and O–H groups in total. The van der Waals surface area contributed by atoms with Gasteiger partial charge in [-0.2, -0.15) is 0 Å². The Morgan fingerprint density at radius 1 is 1.45 bits per heavy atom. The van der Waals surface area contributed by atoms with Crippen LogP contribution in [0.4, 0.5) is 17.3 Å². The lowest BCUT2D eigenvalue weighted by Gasteiger charge is -2.32. The molecule has 6 heteroatoms. The molecule has 0 unspecified atom stereocenters. The third-order valence-corrected chi connectivity index (χ3v) is 3.92. The zero-order valence-corrected chi connectivity index (χ0v) is 12.1. The van der Waals surface area contributed by atoms with Crippen LogP contribution in [0, 0.1) is 16.0 Å². The first kappa shape index (κ1) is 14.6. The molecule has 1 aromatic heterocycles. The zero-order chi connectivity index (χ0) is 14.5. The van der Waals surface area contributed by atoms with Gasteiger partial charge < -0.3 is 10.2 Å². The van der Waals surface area contributed by atoms with Crippen LogP contribution in [0.2, 0.25) is 0 Å². The van der Waals surface area contributed by atoms with E-state index in [1.54, 1.807) is 13.1 Å². The minimum absolute atomic E-state index is 0.0953. The molecule has 1 saturated heterocycles. The van der Waals surface area contributed by atoms with E-state index in [4.69, 9.17) is 0 Å². The smallest absolute Gasteiger partial charge is 0.311 e. The lowest BCUT2D eigenvalue weighted by atomic mass is 9.92. The van der Waals surface area contributed by atoms with Crippen molar-refractivity contribution in [2.45, 2.75) is 32.6 Å². The number of piperidine rings is 1. The van der Waals surface area contributed by atoms with E-state index in [1.807, 2.05) is 4.90 Å². The molecule has 1 fully saturated rings. The van der Waals surface area contributed by atoms with Crippen LogP contribution in [0.5, 0.6) is 0 Å². The Morgan fingerprint density at radius 3 is 2.70 bits per heavy atom. The Balaban J connectivity index is 2.17. The number of aromatic nitrogens is 1. The van der Waals surface area contributed by atoms with Crippen molar-refractivity contribution in [2.75, 3.05) is 30.4 Å². The van der Waals surface area contributed by atoms with Crippen LogP contribution in [0.25, 0.3) is 0 Å². The molecule has 0 aliphatic carbocycles. The molecule has 110 valence electrons. The second-order valence-corrected chi connectivity index (χ2v) is 5.27. The Labute approximate surface area is 119 Å². The molecule has 0 spiro atoms. The standard InChI is InChI=1S/C14H22N4O2/c1-3-4-11-7-9-17(10-8-11)14-12(18(19)20)5-6-13(15-2)16-14/h5-6,11H,3-4,7-10H2,1-2H3,(H,15,16). The van der Waals surface area contributed by atoms with Crippen molar-refractivity contribution < 1.29 is 4.92 Å². The van der Waals surface area contributed by atoms with Crippen LogP contribution in [-0.4, -0.2) is 30.0 Å². The first-order valence-electron chi connectivity index (χ1n) is 7.23. The minimum atomic E-state index is -0.347. The fourth-order valence-electron chi connectivity index (χ4n) is 2.80. The van der Waals surface area contributed by atoms with Crippen molar-refractivity contribution in [3.8, 4) is 0 Å². The monoisotopic (exact) mass is 278 g/mol. The molecule has 0 saturated carbocycles. The molecule has 2 heterocycles. The maximum absolute atomic E-state index is 11.1. The van der Waals surface area contributed by atoms with Crippen LogP contribution in [0.3, 0.4) is 0 Å². The van der Waals surface area contributed by atoms with Gasteiger partial charge in [0, 0.05) is 26.2 Å². The number of nitrogens with one attached hydrogen (secondary N) is 1. The Bertz CT molecular complexity index is 470. The molecular weight excluding hydrogens is 256 g/mol.